The third kappa shape index (κ3) is 3.33. The van der Waals surface area contributed by atoms with Gasteiger partial charge in [-0.15, -0.1) is 0 Å². The van der Waals surface area contributed by atoms with Crippen molar-refractivity contribution >= 4 is 23.1 Å². The molecule has 1 N–H and O–H groups in total. The summed E-state index contributed by atoms with van der Waals surface area (Å²) in [5.74, 6) is 1.61. The average Bonchev–Trinajstić information content (AvgIpc) is 2.61. The fraction of sp³-hybridized carbons (Fsp3) is 0.150. The molecule has 0 saturated carbocycles. The van der Waals surface area contributed by atoms with Gasteiger partial charge in [-0.3, -0.25) is 0 Å². The van der Waals surface area contributed by atoms with Crippen LogP contribution in [0.2, 0.25) is 0 Å². The molecular weight excluding hydrogens is 302 g/mol. The number of phenolic OH excluding ortho intramolecular Hbond substituents is 1. The van der Waals surface area contributed by atoms with E-state index < -0.39 is 0 Å². The summed E-state index contributed by atoms with van der Waals surface area (Å²) in [4.78, 5) is 4.49. The minimum absolute atomic E-state index is 0.186. The van der Waals surface area contributed by atoms with Crippen LogP contribution in [-0.4, -0.2) is 23.8 Å². The van der Waals surface area contributed by atoms with Crippen LogP contribution in [-0.2, 0) is 0 Å². The van der Waals surface area contributed by atoms with Gasteiger partial charge in [-0.2, -0.15) is 0 Å². The lowest BCUT2D eigenvalue weighted by Crippen LogP contribution is -1.95. The number of para-hydroxylation sites is 1. The smallest absolute Gasteiger partial charge is 0.161 e. The van der Waals surface area contributed by atoms with Gasteiger partial charge in [0.2, 0.25) is 0 Å². The minimum Gasteiger partial charge on any atom is -0.506 e. The van der Waals surface area contributed by atoms with E-state index in [1.807, 2.05) is 55.5 Å². The van der Waals surface area contributed by atoms with Gasteiger partial charge in [-0.05, 0) is 42.8 Å². The van der Waals surface area contributed by atoms with E-state index in [9.17, 15) is 5.11 Å². The Morgan fingerprint density at radius 1 is 1.04 bits per heavy atom. The van der Waals surface area contributed by atoms with Crippen LogP contribution in [0.4, 0.5) is 0 Å². The van der Waals surface area contributed by atoms with E-state index in [0.29, 0.717) is 17.9 Å². The summed E-state index contributed by atoms with van der Waals surface area (Å²) in [7, 11) is 1.62. The zero-order chi connectivity index (χ0) is 16.9. The van der Waals surface area contributed by atoms with Gasteiger partial charge < -0.3 is 14.6 Å². The van der Waals surface area contributed by atoms with E-state index in [4.69, 9.17) is 9.47 Å². The second-order valence-electron chi connectivity index (χ2n) is 5.26. The van der Waals surface area contributed by atoms with Crippen molar-refractivity contribution in [3.05, 3.63) is 59.8 Å². The molecule has 3 aromatic rings. The van der Waals surface area contributed by atoms with Crippen LogP contribution in [0.5, 0.6) is 17.2 Å². The quantitative estimate of drug-likeness (QED) is 0.751. The Balaban J connectivity index is 1.89. The maximum Gasteiger partial charge on any atom is 0.161 e. The van der Waals surface area contributed by atoms with Crippen LogP contribution >= 0.6 is 0 Å². The molecule has 0 aliphatic heterocycles. The van der Waals surface area contributed by atoms with E-state index in [-0.39, 0.29) is 5.75 Å². The molecule has 0 spiro atoms. The predicted molar refractivity (Wildman–Crippen MR) is 96.5 cm³/mol. The number of phenols is 1. The van der Waals surface area contributed by atoms with E-state index in [0.717, 1.165) is 22.4 Å². The van der Waals surface area contributed by atoms with Crippen LogP contribution in [0, 0.1) is 0 Å². The average molecular weight is 321 g/mol. The number of pyridine rings is 1. The summed E-state index contributed by atoms with van der Waals surface area (Å²) in [6.07, 6.45) is 3.85. The highest BCUT2D eigenvalue weighted by Gasteiger charge is 2.04. The molecule has 0 aliphatic carbocycles. The highest BCUT2D eigenvalue weighted by atomic mass is 16.5. The number of methoxy groups -OCH3 is 1. The third-order valence-electron chi connectivity index (χ3n) is 3.65. The Morgan fingerprint density at radius 3 is 2.71 bits per heavy atom. The lowest BCUT2D eigenvalue weighted by molar-refractivity contribution is 0.311. The largest absolute Gasteiger partial charge is 0.506 e. The third-order valence-corrected chi connectivity index (χ3v) is 3.65. The molecule has 0 amide bonds. The Bertz CT molecular complexity index is 887. The zero-order valence-corrected chi connectivity index (χ0v) is 13.7. The van der Waals surface area contributed by atoms with Gasteiger partial charge in [0.15, 0.2) is 11.5 Å². The number of aromatic hydroxyl groups is 1. The number of fused-ring (bicyclic) bond motifs is 1. The molecule has 0 bridgehead atoms. The van der Waals surface area contributed by atoms with Crippen molar-refractivity contribution in [2.24, 2.45) is 0 Å². The van der Waals surface area contributed by atoms with Gasteiger partial charge in [-0.1, -0.05) is 30.3 Å². The Kier molecular flexibility index (Phi) is 4.66. The SMILES string of the molecule is CCOc1ccc(/C=C/c2ccc3cccc(O)c3n2)cc1OC. The number of hydrogen-bond donors (Lipinski definition) is 1. The first kappa shape index (κ1) is 15.9. The lowest BCUT2D eigenvalue weighted by atomic mass is 10.1. The Hall–Kier alpha value is -3.01. The number of aromatic nitrogens is 1. The molecule has 122 valence electrons. The minimum atomic E-state index is 0.186. The molecule has 0 unspecified atom stereocenters. The molecular formula is C20H19NO3. The first-order valence-corrected chi connectivity index (χ1v) is 7.79. The summed E-state index contributed by atoms with van der Waals surface area (Å²) in [5.41, 5.74) is 2.36. The van der Waals surface area contributed by atoms with E-state index in [2.05, 4.69) is 4.98 Å². The number of nitrogens with zero attached hydrogens (tertiary/aromatic N) is 1. The van der Waals surface area contributed by atoms with Gasteiger partial charge in [0, 0.05) is 5.39 Å². The van der Waals surface area contributed by atoms with Crippen molar-refractivity contribution in [2.45, 2.75) is 6.92 Å². The molecule has 2 aromatic carbocycles. The maximum absolute atomic E-state index is 9.91. The summed E-state index contributed by atoms with van der Waals surface area (Å²) in [6, 6.07) is 15.0. The van der Waals surface area contributed by atoms with Gasteiger partial charge in [0.25, 0.3) is 0 Å². The predicted octanol–water partition coefficient (Wildman–Crippen LogP) is 4.52. The van der Waals surface area contributed by atoms with Crippen molar-refractivity contribution in [2.75, 3.05) is 13.7 Å². The maximum atomic E-state index is 9.91. The van der Waals surface area contributed by atoms with Crippen LogP contribution in [0.25, 0.3) is 23.1 Å². The van der Waals surface area contributed by atoms with Gasteiger partial charge >= 0.3 is 0 Å². The Morgan fingerprint density at radius 2 is 1.92 bits per heavy atom. The van der Waals surface area contributed by atoms with E-state index in [1.54, 1.807) is 19.2 Å². The van der Waals surface area contributed by atoms with Crippen LogP contribution in [0.3, 0.4) is 0 Å². The van der Waals surface area contributed by atoms with Crippen LogP contribution in [0.1, 0.15) is 18.2 Å². The standard InChI is InChI=1S/C20H19NO3/c1-3-24-18-12-8-14(13-19(18)23-2)7-10-16-11-9-15-5-4-6-17(22)20(15)21-16/h4-13,22H,3H2,1-2H3/b10-7+. The van der Waals surface area contributed by atoms with E-state index in [1.165, 1.54) is 0 Å². The molecule has 4 nitrogen and oxygen atoms in total. The normalized spacial score (nSPS) is 11.1. The van der Waals surface area contributed by atoms with Crippen LogP contribution in [0.15, 0.2) is 48.5 Å². The fourth-order valence-corrected chi connectivity index (χ4v) is 2.48. The van der Waals surface area contributed by atoms with Gasteiger partial charge in [-0.25, -0.2) is 4.98 Å². The lowest BCUT2D eigenvalue weighted by Gasteiger charge is -2.09. The number of rotatable bonds is 5. The highest BCUT2D eigenvalue weighted by Crippen LogP contribution is 2.29. The van der Waals surface area contributed by atoms with Crippen molar-refractivity contribution in [1.82, 2.24) is 4.98 Å². The number of benzene rings is 2. The molecule has 24 heavy (non-hydrogen) atoms. The topological polar surface area (TPSA) is 51.6 Å². The number of hydrogen-bond acceptors (Lipinski definition) is 4. The van der Waals surface area contributed by atoms with Crippen molar-refractivity contribution in [1.29, 1.82) is 0 Å². The highest BCUT2D eigenvalue weighted by molar-refractivity contribution is 5.85. The molecule has 1 aromatic heterocycles. The molecule has 4 heteroatoms. The summed E-state index contributed by atoms with van der Waals surface area (Å²) in [6.45, 7) is 2.53. The fourth-order valence-electron chi connectivity index (χ4n) is 2.48. The summed E-state index contributed by atoms with van der Waals surface area (Å²) >= 11 is 0. The first-order chi connectivity index (χ1) is 11.7. The molecule has 3 rings (SSSR count). The summed E-state index contributed by atoms with van der Waals surface area (Å²) < 4.78 is 10.9. The monoisotopic (exact) mass is 321 g/mol. The molecule has 1 heterocycles. The zero-order valence-electron chi connectivity index (χ0n) is 13.7. The second-order valence-corrected chi connectivity index (χ2v) is 5.26. The van der Waals surface area contributed by atoms with Crippen molar-refractivity contribution < 1.29 is 14.6 Å². The molecule has 0 atom stereocenters. The van der Waals surface area contributed by atoms with Crippen LogP contribution < -0.4 is 9.47 Å². The molecule has 0 fully saturated rings. The molecule has 0 saturated heterocycles. The van der Waals surface area contributed by atoms with Crippen molar-refractivity contribution in [3.8, 4) is 17.2 Å². The second kappa shape index (κ2) is 7.04. The molecule has 0 radical (unpaired) electrons. The number of ether oxygens (including phenoxy) is 2. The first-order valence-electron chi connectivity index (χ1n) is 7.79. The van der Waals surface area contributed by atoms with Crippen molar-refractivity contribution in [3.63, 3.8) is 0 Å². The van der Waals surface area contributed by atoms with Gasteiger partial charge in [0.05, 0.1) is 19.4 Å². The van der Waals surface area contributed by atoms with E-state index >= 15 is 0 Å². The summed E-state index contributed by atoms with van der Waals surface area (Å²) in [5, 5.41) is 10.8. The molecule has 0 aliphatic rings. The Labute approximate surface area is 141 Å². The van der Waals surface area contributed by atoms with Gasteiger partial charge in [0.1, 0.15) is 11.3 Å².